The molecule has 0 spiro atoms. The lowest BCUT2D eigenvalue weighted by molar-refractivity contribution is 1.07. The van der Waals surface area contributed by atoms with Crippen molar-refractivity contribution in [3.05, 3.63) is 290 Å². The highest BCUT2D eigenvalue weighted by Gasteiger charge is 2.20. The van der Waals surface area contributed by atoms with Crippen LogP contribution in [0.1, 0.15) is 11.1 Å². The highest BCUT2D eigenvalue weighted by molar-refractivity contribution is 6.12. The molecule has 8 nitrogen and oxygen atoms in total. The predicted octanol–water partition coefficient (Wildman–Crippen LogP) is 18.4. The van der Waals surface area contributed by atoms with E-state index in [2.05, 4.69) is 158 Å². The zero-order valence-corrected chi connectivity index (χ0v) is 45.1. The number of rotatable bonds is 11. The van der Waals surface area contributed by atoms with Gasteiger partial charge in [0.2, 0.25) is 0 Å². The van der Waals surface area contributed by atoms with Crippen LogP contribution in [0.3, 0.4) is 0 Å². The van der Waals surface area contributed by atoms with E-state index in [0.29, 0.717) is 46.1 Å². The summed E-state index contributed by atoms with van der Waals surface area (Å²) in [5.74, 6) is 3.47. The van der Waals surface area contributed by atoms with E-state index in [-0.39, 0.29) is 0 Å². The highest BCUT2D eigenvalue weighted by Crippen LogP contribution is 2.43. The molecule has 2 aromatic heterocycles. The van der Waals surface area contributed by atoms with Gasteiger partial charge in [0.25, 0.3) is 0 Å². The summed E-state index contributed by atoms with van der Waals surface area (Å²) in [5, 5.41) is 23.9. The maximum atomic E-state index is 9.78. The Morgan fingerprint density at radius 3 is 1.04 bits per heavy atom. The van der Waals surface area contributed by atoms with Crippen molar-refractivity contribution in [3.8, 4) is 136 Å². The third-order valence-electron chi connectivity index (χ3n) is 15.3. The molecule has 14 aromatic rings. The minimum absolute atomic E-state index is 0.548. The van der Waals surface area contributed by atoms with Crippen molar-refractivity contribution in [1.82, 2.24) is 29.9 Å². The summed E-state index contributed by atoms with van der Waals surface area (Å²) in [7, 11) is 0. The lowest BCUT2D eigenvalue weighted by Crippen LogP contribution is -2.00. The Morgan fingerprint density at radius 2 is 0.548 bits per heavy atom. The molecule has 0 saturated heterocycles. The van der Waals surface area contributed by atoms with E-state index in [1.165, 1.54) is 0 Å². The maximum absolute atomic E-state index is 9.78. The van der Waals surface area contributed by atoms with Crippen LogP contribution in [-0.2, 0) is 0 Å². The minimum atomic E-state index is 0.548. The van der Waals surface area contributed by atoms with Crippen LogP contribution in [0.15, 0.2) is 279 Å². The van der Waals surface area contributed by atoms with Gasteiger partial charge in [0, 0.05) is 33.4 Å². The highest BCUT2D eigenvalue weighted by atomic mass is 15.0. The molecule has 0 fully saturated rings. The molecule has 84 heavy (non-hydrogen) atoms. The van der Waals surface area contributed by atoms with E-state index < -0.39 is 0 Å². The second kappa shape index (κ2) is 22.0. The first-order valence-electron chi connectivity index (χ1n) is 27.6. The SMILES string of the molecule is N#Cc1ccc(-c2ccc(-c3cccc(-c4nc(-c5ccccc5)nc(-c5ccc(-c6cccc7cccc(-c8cccc(C#N)c8)c67)cc5)n4)c3)c3cccc(-c4ccc(-c5nc(-c6ccccc6)nc(-c6ccccc6)n5)cc4)c23)cc1. The van der Waals surface area contributed by atoms with Crippen molar-refractivity contribution in [2.75, 3.05) is 0 Å². The predicted molar refractivity (Wildman–Crippen MR) is 337 cm³/mol. The first-order chi connectivity index (χ1) is 41.5. The van der Waals surface area contributed by atoms with Gasteiger partial charge < -0.3 is 0 Å². The van der Waals surface area contributed by atoms with Crippen molar-refractivity contribution in [3.63, 3.8) is 0 Å². The smallest absolute Gasteiger partial charge is 0.164 e. The second-order valence-corrected chi connectivity index (χ2v) is 20.4. The maximum Gasteiger partial charge on any atom is 0.164 e. The van der Waals surface area contributed by atoms with Gasteiger partial charge >= 0.3 is 0 Å². The van der Waals surface area contributed by atoms with Crippen LogP contribution in [-0.4, -0.2) is 29.9 Å². The number of hydrogen-bond acceptors (Lipinski definition) is 8. The topological polar surface area (TPSA) is 125 Å². The van der Waals surface area contributed by atoms with Gasteiger partial charge in [0.1, 0.15) is 0 Å². The third kappa shape index (κ3) is 9.79. The number of hydrogen-bond donors (Lipinski definition) is 0. The number of aromatic nitrogens is 6. The number of fused-ring (bicyclic) bond motifs is 2. The normalized spacial score (nSPS) is 11.1. The molecule has 0 aliphatic rings. The van der Waals surface area contributed by atoms with Crippen molar-refractivity contribution in [2.24, 2.45) is 0 Å². The zero-order valence-electron chi connectivity index (χ0n) is 45.1. The van der Waals surface area contributed by atoms with Crippen molar-refractivity contribution >= 4 is 21.5 Å². The third-order valence-corrected chi connectivity index (χ3v) is 15.3. The van der Waals surface area contributed by atoms with Gasteiger partial charge in [-0.05, 0) is 108 Å². The standard InChI is InChI=1S/C76H46N8/c77-47-49-31-33-51(34-32-49)67-44-43-63(68-30-14-29-65(70(67)68)53-37-41-58(42-38-53)74-80-71(55-16-4-1-5-17-55)79-72(81-74)56-18-6-2-7-19-56)61-25-11-26-62(46-61)76-83-73(57-20-8-3-9-21-57)82-75(84-76)59-39-35-52(36-40-59)64-27-12-22-54-23-13-28-66(69(54)64)60-24-10-15-50(45-60)48-78/h1-46H. The summed E-state index contributed by atoms with van der Waals surface area (Å²) in [4.78, 5) is 30.4. The van der Waals surface area contributed by atoms with E-state index in [1.807, 2.05) is 133 Å². The number of nitriles is 2. The van der Waals surface area contributed by atoms with Crippen LogP contribution in [0.2, 0.25) is 0 Å². The lowest BCUT2D eigenvalue weighted by Gasteiger charge is -2.17. The Labute approximate surface area is 485 Å². The molecule has 390 valence electrons. The largest absolute Gasteiger partial charge is 0.208 e. The van der Waals surface area contributed by atoms with Gasteiger partial charge in [-0.15, -0.1) is 0 Å². The van der Waals surface area contributed by atoms with E-state index >= 15 is 0 Å². The molecule has 0 unspecified atom stereocenters. The van der Waals surface area contributed by atoms with E-state index in [9.17, 15) is 10.5 Å². The van der Waals surface area contributed by atoms with Gasteiger partial charge in [0.05, 0.1) is 23.3 Å². The molecule has 0 bridgehead atoms. The Morgan fingerprint density at radius 1 is 0.214 bits per heavy atom. The first kappa shape index (κ1) is 50.4. The molecule has 0 saturated carbocycles. The van der Waals surface area contributed by atoms with Crippen LogP contribution in [0.5, 0.6) is 0 Å². The molecule has 0 amide bonds. The molecule has 0 N–H and O–H groups in total. The summed E-state index contributed by atoms with van der Waals surface area (Å²) in [5.41, 5.74) is 16.8. The van der Waals surface area contributed by atoms with Gasteiger partial charge in [-0.3, -0.25) is 0 Å². The van der Waals surface area contributed by atoms with Crippen LogP contribution in [0.4, 0.5) is 0 Å². The molecule has 12 aromatic carbocycles. The molecule has 0 aliphatic heterocycles. The fraction of sp³-hybridized carbons (Fsp3) is 0. The molecular formula is C76H46N8. The van der Waals surface area contributed by atoms with Crippen LogP contribution in [0, 0.1) is 22.7 Å². The minimum Gasteiger partial charge on any atom is -0.208 e. The Kier molecular flexibility index (Phi) is 13.2. The average molecular weight is 1070 g/mol. The van der Waals surface area contributed by atoms with Crippen LogP contribution in [0.25, 0.3) is 146 Å². The second-order valence-electron chi connectivity index (χ2n) is 20.4. The lowest BCUT2D eigenvalue weighted by atomic mass is 9.87. The zero-order chi connectivity index (χ0) is 56.3. The molecule has 14 rings (SSSR count). The summed E-state index contributed by atoms with van der Waals surface area (Å²) in [6, 6.07) is 99.1. The first-order valence-corrected chi connectivity index (χ1v) is 27.6. The van der Waals surface area contributed by atoms with Crippen LogP contribution >= 0.6 is 0 Å². The summed E-state index contributed by atoms with van der Waals surface area (Å²) in [6.07, 6.45) is 0. The van der Waals surface area contributed by atoms with Crippen LogP contribution < -0.4 is 0 Å². The van der Waals surface area contributed by atoms with Gasteiger partial charge in [-0.1, -0.05) is 249 Å². The fourth-order valence-corrected chi connectivity index (χ4v) is 11.2. The Bertz CT molecular complexity index is 4820. The average Bonchev–Trinajstić information content (AvgIpc) is 2.59. The number of benzene rings is 12. The Hall–Kier alpha value is -11.8. The van der Waals surface area contributed by atoms with E-state index in [4.69, 9.17) is 29.9 Å². The van der Waals surface area contributed by atoms with Gasteiger partial charge in [-0.25, -0.2) is 29.9 Å². The summed E-state index contributed by atoms with van der Waals surface area (Å²) >= 11 is 0. The Balaban J connectivity index is 0.856. The van der Waals surface area contributed by atoms with E-state index in [1.54, 1.807) is 0 Å². The molecule has 2 heterocycles. The van der Waals surface area contributed by atoms with Gasteiger partial charge in [-0.2, -0.15) is 10.5 Å². The molecule has 0 radical (unpaired) electrons. The molecular weight excluding hydrogens is 1020 g/mol. The fourth-order valence-electron chi connectivity index (χ4n) is 11.2. The summed E-state index contributed by atoms with van der Waals surface area (Å²) < 4.78 is 0. The van der Waals surface area contributed by atoms with Gasteiger partial charge in [0.15, 0.2) is 34.9 Å². The molecule has 0 atom stereocenters. The monoisotopic (exact) mass is 1070 g/mol. The quantitative estimate of drug-likeness (QED) is 0.125. The summed E-state index contributed by atoms with van der Waals surface area (Å²) in [6.45, 7) is 0. The molecule has 8 heteroatoms. The molecule has 0 aliphatic carbocycles. The van der Waals surface area contributed by atoms with Crippen molar-refractivity contribution in [2.45, 2.75) is 0 Å². The van der Waals surface area contributed by atoms with Crippen molar-refractivity contribution < 1.29 is 0 Å². The number of nitrogens with zero attached hydrogens (tertiary/aromatic N) is 8. The van der Waals surface area contributed by atoms with Crippen molar-refractivity contribution in [1.29, 1.82) is 10.5 Å². The van der Waals surface area contributed by atoms with E-state index in [0.717, 1.165) is 111 Å².